The molecule has 0 amide bonds. The fourth-order valence-corrected chi connectivity index (χ4v) is 2.69. The Bertz CT molecular complexity index is 150. The van der Waals surface area contributed by atoms with Crippen molar-refractivity contribution in [1.29, 1.82) is 0 Å². The van der Waals surface area contributed by atoms with Crippen LogP contribution in [-0.4, -0.2) is 11.9 Å². The van der Waals surface area contributed by atoms with Crippen molar-refractivity contribution in [3.05, 3.63) is 0 Å². The molecule has 3 heteroatoms. The highest BCUT2D eigenvalue weighted by atomic mass is 35.5. The molecule has 0 aliphatic heterocycles. The molecule has 136 valence electrons. The maximum absolute atomic E-state index is 5.48. The van der Waals surface area contributed by atoms with Crippen LogP contribution in [0.15, 0.2) is 0 Å². The van der Waals surface area contributed by atoms with Crippen LogP contribution >= 0.6 is 23.2 Å². The molecule has 0 bridgehead atoms. The summed E-state index contributed by atoms with van der Waals surface area (Å²) in [5, 5.41) is 0.194. The number of nitrogens with two attached hydrogens (primary N) is 1. The summed E-state index contributed by atoms with van der Waals surface area (Å²) in [6.07, 6.45) is 22.9. The molecule has 2 N–H and O–H groups in total. The number of hydrogen-bond donors (Lipinski definition) is 1. The lowest BCUT2D eigenvalue weighted by Crippen LogP contribution is -1.97. The number of alkyl halides is 2. The van der Waals surface area contributed by atoms with Crippen LogP contribution < -0.4 is 5.73 Å². The second kappa shape index (κ2) is 26.4. The average molecular weight is 354 g/mol. The van der Waals surface area contributed by atoms with Gasteiger partial charge in [-0.15, -0.1) is 23.2 Å². The molecule has 0 saturated carbocycles. The molecule has 0 aromatic rings. The number of halogens is 2. The van der Waals surface area contributed by atoms with Crippen LogP contribution in [0.5, 0.6) is 0 Å². The van der Waals surface area contributed by atoms with E-state index in [1.807, 2.05) is 0 Å². The summed E-state index contributed by atoms with van der Waals surface area (Å²) < 4.78 is 0. The van der Waals surface area contributed by atoms with Gasteiger partial charge in [-0.25, -0.2) is 0 Å². The molecule has 0 saturated heterocycles. The summed E-state index contributed by atoms with van der Waals surface area (Å²) in [6, 6.07) is 0. The lowest BCUT2D eigenvalue weighted by Gasteiger charge is -2.03. The van der Waals surface area contributed by atoms with E-state index in [9.17, 15) is 0 Å². The minimum atomic E-state index is 0.194. The zero-order valence-corrected chi connectivity index (χ0v) is 16.6. The van der Waals surface area contributed by atoms with E-state index < -0.39 is 0 Å². The Balaban J connectivity index is 0. The van der Waals surface area contributed by atoms with E-state index in [-0.39, 0.29) is 5.34 Å². The molecule has 0 atom stereocenters. The van der Waals surface area contributed by atoms with Gasteiger partial charge in [0.2, 0.25) is 0 Å². The molecular weight excluding hydrogens is 313 g/mol. The molecule has 0 aromatic heterocycles. The van der Waals surface area contributed by atoms with Crippen molar-refractivity contribution >= 4 is 23.2 Å². The lowest BCUT2D eigenvalue weighted by molar-refractivity contribution is 0.530. The van der Waals surface area contributed by atoms with Crippen LogP contribution in [0.1, 0.15) is 110 Å². The van der Waals surface area contributed by atoms with Crippen molar-refractivity contribution in [3.63, 3.8) is 0 Å². The van der Waals surface area contributed by atoms with E-state index in [1.165, 1.54) is 103 Å². The number of hydrogen-bond acceptors (Lipinski definition) is 1. The van der Waals surface area contributed by atoms with Crippen molar-refractivity contribution in [3.8, 4) is 0 Å². The molecule has 0 rings (SSSR count). The van der Waals surface area contributed by atoms with Crippen molar-refractivity contribution in [2.75, 3.05) is 11.9 Å². The van der Waals surface area contributed by atoms with Gasteiger partial charge >= 0.3 is 0 Å². The van der Waals surface area contributed by atoms with Gasteiger partial charge in [0.1, 0.15) is 0 Å². The molecule has 0 aliphatic rings. The summed E-state index contributed by atoms with van der Waals surface area (Å²) >= 11 is 9.53. The van der Waals surface area contributed by atoms with E-state index in [0.29, 0.717) is 0 Å². The van der Waals surface area contributed by atoms with Crippen LogP contribution in [-0.2, 0) is 0 Å². The Hall–Kier alpha value is 0.540. The Labute approximate surface area is 150 Å². The molecule has 0 fully saturated rings. The summed E-state index contributed by atoms with van der Waals surface area (Å²) in [4.78, 5) is 0. The Morgan fingerprint density at radius 2 is 0.727 bits per heavy atom. The molecule has 22 heavy (non-hydrogen) atoms. The summed E-state index contributed by atoms with van der Waals surface area (Å²) in [5.74, 6) is 0. The monoisotopic (exact) mass is 353 g/mol. The molecule has 0 spiro atoms. The summed E-state index contributed by atoms with van der Waals surface area (Å²) in [5.41, 5.74) is 5.48. The van der Waals surface area contributed by atoms with Gasteiger partial charge in [0.05, 0.1) is 5.34 Å². The van der Waals surface area contributed by atoms with Gasteiger partial charge in [-0.2, -0.15) is 0 Å². The van der Waals surface area contributed by atoms with E-state index >= 15 is 0 Å². The van der Waals surface area contributed by atoms with Gasteiger partial charge in [0.15, 0.2) is 0 Å². The topological polar surface area (TPSA) is 26.0 Å². The summed E-state index contributed by atoms with van der Waals surface area (Å²) in [7, 11) is 0. The Morgan fingerprint density at radius 3 is 0.955 bits per heavy atom. The van der Waals surface area contributed by atoms with Crippen LogP contribution in [0.2, 0.25) is 0 Å². The third-order valence-corrected chi connectivity index (χ3v) is 4.06. The van der Waals surface area contributed by atoms with E-state index in [0.717, 1.165) is 6.54 Å². The first kappa shape index (κ1) is 24.8. The first-order valence-electron chi connectivity index (χ1n) is 9.65. The van der Waals surface area contributed by atoms with Gasteiger partial charge in [0, 0.05) is 0 Å². The fraction of sp³-hybridized carbons (Fsp3) is 1.00. The SMILES string of the molecule is CCCCCCCCCCCCCCCCCCN.ClCCl. The van der Waals surface area contributed by atoms with Gasteiger partial charge in [-0.1, -0.05) is 103 Å². The normalized spacial score (nSPS) is 10.4. The van der Waals surface area contributed by atoms with Crippen LogP contribution in [0, 0.1) is 0 Å². The van der Waals surface area contributed by atoms with Crippen LogP contribution in [0.25, 0.3) is 0 Å². The van der Waals surface area contributed by atoms with E-state index in [2.05, 4.69) is 6.92 Å². The highest BCUT2D eigenvalue weighted by Crippen LogP contribution is 2.13. The highest BCUT2D eigenvalue weighted by molar-refractivity contribution is 6.40. The lowest BCUT2D eigenvalue weighted by atomic mass is 10.0. The van der Waals surface area contributed by atoms with Crippen LogP contribution in [0.3, 0.4) is 0 Å². The minimum absolute atomic E-state index is 0.194. The molecule has 0 heterocycles. The average Bonchev–Trinajstić information content (AvgIpc) is 2.52. The molecule has 0 aliphatic carbocycles. The first-order chi connectivity index (χ1) is 10.8. The number of rotatable bonds is 16. The predicted octanol–water partition coefficient (Wildman–Crippen LogP) is 7.63. The molecular formula is C19H41Cl2N. The van der Waals surface area contributed by atoms with Crippen molar-refractivity contribution in [2.45, 2.75) is 110 Å². The highest BCUT2D eigenvalue weighted by Gasteiger charge is 1.94. The van der Waals surface area contributed by atoms with Crippen molar-refractivity contribution < 1.29 is 0 Å². The van der Waals surface area contributed by atoms with Gasteiger partial charge in [-0.05, 0) is 13.0 Å². The quantitative estimate of drug-likeness (QED) is 0.224. The second-order valence-corrected chi connectivity index (χ2v) is 7.00. The zero-order valence-electron chi connectivity index (χ0n) is 15.1. The minimum Gasteiger partial charge on any atom is -0.330 e. The molecule has 0 radical (unpaired) electrons. The second-order valence-electron chi connectivity index (χ2n) is 6.19. The maximum atomic E-state index is 5.48. The Morgan fingerprint density at radius 1 is 0.500 bits per heavy atom. The van der Waals surface area contributed by atoms with Gasteiger partial charge in [0.25, 0.3) is 0 Å². The predicted molar refractivity (Wildman–Crippen MR) is 105 cm³/mol. The maximum Gasteiger partial charge on any atom is 0.0967 e. The summed E-state index contributed by atoms with van der Waals surface area (Å²) in [6.45, 7) is 3.16. The Kier molecular flexibility index (Phi) is 29.8. The smallest absolute Gasteiger partial charge is 0.0967 e. The molecule has 0 aromatic carbocycles. The third kappa shape index (κ3) is 28.7. The third-order valence-electron chi connectivity index (χ3n) is 4.06. The van der Waals surface area contributed by atoms with Gasteiger partial charge < -0.3 is 5.73 Å². The fourth-order valence-electron chi connectivity index (χ4n) is 2.69. The standard InChI is InChI=1S/C18H39N.CH2Cl2/c1-2-3-4-5-6-7-8-9-10-11-12-13-14-15-16-17-18-19;2-1-3/h2-19H2,1H3;1H2. The van der Waals surface area contributed by atoms with E-state index in [1.54, 1.807) is 0 Å². The van der Waals surface area contributed by atoms with Crippen molar-refractivity contribution in [1.82, 2.24) is 0 Å². The van der Waals surface area contributed by atoms with Crippen molar-refractivity contribution in [2.24, 2.45) is 5.73 Å². The largest absolute Gasteiger partial charge is 0.330 e. The number of unbranched alkanes of at least 4 members (excludes halogenated alkanes) is 15. The van der Waals surface area contributed by atoms with Gasteiger partial charge in [-0.3, -0.25) is 0 Å². The van der Waals surface area contributed by atoms with Crippen LogP contribution in [0.4, 0.5) is 0 Å². The molecule has 1 nitrogen and oxygen atoms in total. The molecule has 0 unspecified atom stereocenters. The van der Waals surface area contributed by atoms with E-state index in [4.69, 9.17) is 28.9 Å². The zero-order chi connectivity index (χ0) is 16.7. The first-order valence-corrected chi connectivity index (χ1v) is 10.7.